The summed E-state index contributed by atoms with van der Waals surface area (Å²) < 4.78 is 0. The minimum atomic E-state index is -0.165. The zero-order valence-electron chi connectivity index (χ0n) is 12.8. The van der Waals surface area contributed by atoms with E-state index in [1.54, 1.807) is 0 Å². The fraction of sp³-hybridized carbons (Fsp3) is 0.562. The Morgan fingerprint density at radius 2 is 2.15 bits per heavy atom. The number of aliphatic hydroxyl groups excluding tert-OH is 1. The first kappa shape index (κ1) is 16.7. The van der Waals surface area contributed by atoms with Gasteiger partial charge in [-0.15, -0.1) is 11.3 Å². The summed E-state index contributed by atoms with van der Waals surface area (Å²) >= 11 is 1.37. The Labute approximate surface area is 125 Å². The predicted octanol–water partition coefficient (Wildman–Crippen LogP) is 2.81. The number of hydrogen-bond donors (Lipinski definition) is 2. The molecule has 0 aliphatic carbocycles. The third-order valence-electron chi connectivity index (χ3n) is 3.47. The Morgan fingerprint density at radius 3 is 2.70 bits per heavy atom. The molecule has 1 unspecified atom stereocenters. The van der Waals surface area contributed by atoms with Gasteiger partial charge in [-0.25, -0.2) is 0 Å². The van der Waals surface area contributed by atoms with E-state index in [1.807, 2.05) is 13.0 Å². The molecule has 3 nitrogen and oxygen atoms in total. The Morgan fingerprint density at radius 1 is 1.50 bits per heavy atom. The maximum Gasteiger partial charge on any atom is 0.261 e. The van der Waals surface area contributed by atoms with Gasteiger partial charge in [0.05, 0.1) is 9.75 Å². The summed E-state index contributed by atoms with van der Waals surface area (Å²) in [6.45, 7) is 11.1. The molecule has 0 saturated carbocycles. The van der Waals surface area contributed by atoms with Crippen molar-refractivity contribution in [3.8, 4) is 11.8 Å². The molecule has 20 heavy (non-hydrogen) atoms. The number of nitrogens with one attached hydrogen (secondary N) is 1. The topological polar surface area (TPSA) is 49.3 Å². The van der Waals surface area contributed by atoms with Gasteiger partial charge in [0.2, 0.25) is 0 Å². The van der Waals surface area contributed by atoms with Gasteiger partial charge in [-0.05, 0) is 29.9 Å². The van der Waals surface area contributed by atoms with E-state index in [0.29, 0.717) is 17.3 Å². The number of thiophene rings is 1. The highest BCUT2D eigenvalue weighted by molar-refractivity contribution is 7.14. The number of carbonyl (C=O) groups excluding carboxylic acids is 1. The fourth-order valence-electron chi connectivity index (χ4n) is 1.48. The average Bonchev–Trinajstić information content (AvgIpc) is 2.73. The van der Waals surface area contributed by atoms with E-state index in [-0.39, 0.29) is 17.9 Å². The van der Waals surface area contributed by atoms with Crippen molar-refractivity contribution in [3.05, 3.63) is 21.4 Å². The minimum absolute atomic E-state index is 0.0498. The monoisotopic (exact) mass is 293 g/mol. The van der Waals surface area contributed by atoms with Crippen LogP contribution in [0.5, 0.6) is 0 Å². The van der Waals surface area contributed by atoms with Gasteiger partial charge in [0.25, 0.3) is 5.91 Å². The molecular weight excluding hydrogens is 270 g/mol. The molecule has 110 valence electrons. The second-order valence-electron chi connectivity index (χ2n) is 6.06. The third-order valence-corrected chi connectivity index (χ3v) is 4.62. The zero-order chi connectivity index (χ0) is 15.3. The molecule has 0 fully saturated rings. The Kier molecular flexibility index (Phi) is 5.79. The van der Waals surface area contributed by atoms with Gasteiger partial charge in [0.15, 0.2) is 0 Å². The lowest BCUT2D eigenvalue weighted by atomic mass is 9.82. The molecule has 1 aromatic heterocycles. The van der Waals surface area contributed by atoms with Crippen LogP contribution in [-0.4, -0.2) is 24.2 Å². The van der Waals surface area contributed by atoms with Gasteiger partial charge < -0.3 is 10.4 Å². The first-order valence-corrected chi connectivity index (χ1v) is 7.55. The fourth-order valence-corrected chi connectivity index (χ4v) is 2.44. The average molecular weight is 293 g/mol. The molecule has 4 heteroatoms. The lowest BCUT2D eigenvalue weighted by Gasteiger charge is -2.27. The van der Waals surface area contributed by atoms with E-state index >= 15 is 0 Å². The highest BCUT2D eigenvalue weighted by Gasteiger charge is 2.21. The van der Waals surface area contributed by atoms with Crippen LogP contribution in [0.25, 0.3) is 0 Å². The van der Waals surface area contributed by atoms with Gasteiger partial charge in [-0.1, -0.05) is 39.5 Å². The second kappa shape index (κ2) is 6.92. The van der Waals surface area contributed by atoms with Gasteiger partial charge in [-0.3, -0.25) is 4.79 Å². The van der Waals surface area contributed by atoms with Crippen molar-refractivity contribution in [2.24, 2.45) is 11.3 Å². The summed E-state index contributed by atoms with van der Waals surface area (Å²) in [5.41, 5.74) is 1.15. The van der Waals surface area contributed by atoms with Crippen LogP contribution in [-0.2, 0) is 0 Å². The highest BCUT2D eigenvalue weighted by Crippen LogP contribution is 2.25. The summed E-state index contributed by atoms with van der Waals surface area (Å²) in [5.74, 6) is 5.83. The van der Waals surface area contributed by atoms with Crippen LogP contribution >= 0.6 is 11.3 Å². The Balaban J connectivity index is 2.69. The van der Waals surface area contributed by atoms with Crippen LogP contribution in [0.3, 0.4) is 0 Å². The predicted molar refractivity (Wildman–Crippen MR) is 84.0 cm³/mol. The molecule has 0 aromatic carbocycles. The Hall–Kier alpha value is -1.31. The lowest BCUT2D eigenvalue weighted by molar-refractivity contribution is 0.0941. The minimum Gasteiger partial charge on any atom is -0.384 e. The SMILES string of the molecule is Cc1cc(C(=O)NCC(C)C(C)(C)C)sc1C#CCO. The second-order valence-corrected chi connectivity index (χ2v) is 7.11. The zero-order valence-corrected chi connectivity index (χ0v) is 13.6. The van der Waals surface area contributed by atoms with E-state index in [0.717, 1.165) is 10.4 Å². The lowest BCUT2D eigenvalue weighted by Crippen LogP contribution is -2.33. The van der Waals surface area contributed by atoms with E-state index in [2.05, 4.69) is 44.9 Å². The molecule has 1 amide bonds. The number of amides is 1. The van der Waals surface area contributed by atoms with Crippen molar-refractivity contribution >= 4 is 17.2 Å². The molecule has 0 bridgehead atoms. The smallest absolute Gasteiger partial charge is 0.261 e. The number of carbonyl (C=O) groups is 1. The molecule has 1 heterocycles. The van der Waals surface area contributed by atoms with Crippen LogP contribution in [0.15, 0.2) is 6.07 Å². The van der Waals surface area contributed by atoms with Crippen molar-refractivity contribution in [1.82, 2.24) is 5.32 Å². The largest absolute Gasteiger partial charge is 0.384 e. The summed E-state index contributed by atoms with van der Waals surface area (Å²) in [4.78, 5) is 13.6. The van der Waals surface area contributed by atoms with Crippen molar-refractivity contribution in [1.29, 1.82) is 0 Å². The molecule has 1 aromatic rings. The number of rotatable bonds is 3. The van der Waals surface area contributed by atoms with Gasteiger partial charge in [-0.2, -0.15) is 0 Å². The van der Waals surface area contributed by atoms with Crippen LogP contribution in [0, 0.1) is 30.1 Å². The first-order chi connectivity index (χ1) is 9.25. The number of aryl methyl sites for hydroxylation is 1. The van der Waals surface area contributed by atoms with Crippen LogP contribution in [0.4, 0.5) is 0 Å². The van der Waals surface area contributed by atoms with Crippen LogP contribution in [0.2, 0.25) is 0 Å². The molecular formula is C16H23NO2S. The maximum atomic E-state index is 12.1. The molecule has 0 aliphatic rings. The normalized spacial score (nSPS) is 12.5. The third kappa shape index (κ3) is 4.66. The van der Waals surface area contributed by atoms with E-state index < -0.39 is 0 Å². The molecule has 0 saturated heterocycles. The summed E-state index contributed by atoms with van der Waals surface area (Å²) in [7, 11) is 0. The molecule has 1 atom stereocenters. The van der Waals surface area contributed by atoms with Gasteiger partial charge >= 0.3 is 0 Å². The quantitative estimate of drug-likeness (QED) is 0.842. The number of aliphatic hydroxyl groups is 1. The number of hydrogen-bond acceptors (Lipinski definition) is 3. The molecule has 2 N–H and O–H groups in total. The van der Waals surface area contributed by atoms with Crippen molar-refractivity contribution < 1.29 is 9.90 Å². The van der Waals surface area contributed by atoms with E-state index in [1.165, 1.54) is 11.3 Å². The van der Waals surface area contributed by atoms with Crippen molar-refractivity contribution in [2.75, 3.05) is 13.2 Å². The summed E-state index contributed by atoms with van der Waals surface area (Å²) in [6.07, 6.45) is 0. The van der Waals surface area contributed by atoms with Crippen molar-refractivity contribution in [2.45, 2.75) is 34.6 Å². The van der Waals surface area contributed by atoms with Crippen molar-refractivity contribution in [3.63, 3.8) is 0 Å². The first-order valence-electron chi connectivity index (χ1n) is 6.74. The van der Waals surface area contributed by atoms with Crippen LogP contribution < -0.4 is 5.32 Å². The standard InChI is InChI=1S/C16H23NO2S/c1-11-9-14(20-13(11)7-6-8-18)15(19)17-10-12(2)16(3,4)5/h9,12,18H,8,10H2,1-5H3,(H,17,19). The Bertz CT molecular complexity index is 529. The summed E-state index contributed by atoms with van der Waals surface area (Å²) in [5, 5.41) is 11.7. The highest BCUT2D eigenvalue weighted by atomic mass is 32.1. The molecule has 0 radical (unpaired) electrons. The van der Waals surface area contributed by atoms with E-state index in [9.17, 15) is 4.79 Å². The maximum absolute atomic E-state index is 12.1. The van der Waals surface area contributed by atoms with E-state index in [4.69, 9.17) is 5.11 Å². The van der Waals surface area contributed by atoms with Crippen LogP contribution in [0.1, 0.15) is 47.8 Å². The van der Waals surface area contributed by atoms with Gasteiger partial charge in [0, 0.05) is 6.54 Å². The molecule has 0 spiro atoms. The van der Waals surface area contributed by atoms with Gasteiger partial charge in [0.1, 0.15) is 6.61 Å². The molecule has 0 aliphatic heterocycles. The summed E-state index contributed by atoms with van der Waals surface area (Å²) in [6, 6.07) is 1.85. The molecule has 1 rings (SSSR count).